The van der Waals surface area contributed by atoms with Crippen molar-refractivity contribution in [3.05, 3.63) is 23.6 Å². The van der Waals surface area contributed by atoms with E-state index in [-0.39, 0.29) is 17.5 Å². The van der Waals surface area contributed by atoms with Gasteiger partial charge < -0.3 is 10.6 Å². The molecule has 0 atom stereocenters. The third-order valence-corrected chi connectivity index (χ3v) is 4.20. The molecule has 116 valence electrons. The number of rotatable bonds is 5. The lowest BCUT2D eigenvalue weighted by atomic mass is 9.84. The van der Waals surface area contributed by atoms with Gasteiger partial charge in [0.25, 0.3) is 5.91 Å². The van der Waals surface area contributed by atoms with Gasteiger partial charge in [-0.2, -0.15) is 0 Å². The minimum absolute atomic E-state index is 0.193. The van der Waals surface area contributed by atoms with E-state index < -0.39 is 5.82 Å². The zero-order valence-electron chi connectivity index (χ0n) is 12.8. The van der Waals surface area contributed by atoms with E-state index in [1.807, 2.05) is 6.92 Å². The van der Waals surface area contributed by atoms with Gasteiger partial charge in [0.1, 0.15) is 11.6 Å². The lowest BCUT2D eigenvalue weighted by molar-refractivity contribution is 0.0921. The molecule has 1 aliphatic carbocycles. The van der Waals surface area contributed by atoms with E-state index >= 15 is 0 Å². The Morgan fingerprint density at radius 3 is 2.67 bits per heavy atom. The molecule has 1 heterocycles. The minimum atomic E-state index is -0.489. The zero-order chi connectivity index (χ0) is 15.2. The van der Waals surface area contributed by atoms with Crippen LogP contribution in [-0.2, 0) is 0 Å². The molecule has 0 aliphatic heterocycles. The Bertz CT molecular complexity index is 484. The lowest BCUT2D eigenvalue weighted by Crippen LogP contribution is -2.38. The molecule has 0 saturated heterocycles. The monoisotopic (exact) mass is 293 g/mol. The standard InChI is InChI=1S/C16H24FN3O/c1-3-11-5-7-13(8-6-11)20-16(21)14-9-12(17)10-19-15(14)18-4-2/h9-11,13H,3-8H2,1-2H3,(H,18,19)(H,20,21). The van der Waals surface area contributed by atoms with Gasteiger partial charge in [0, 0.05) is 12.6 Å². The Morgan fingerprint density at radius 1 is 1.33 bits per heavy atom. The molecule has 4 nitrogen and oxygen atoms in total. The van der Waals surface area contributed by atoms with E-state index in [1.165, 1.54) is 12.5 Å². The number of amides is 1. The summed E-state index contributed by atoms with van der Waals surface area (Å²) in [6.07, 6.45) is 6.65. The largest absolute Gasteiger partial charge is 0.370 e. The number of nitrogens with one attached hydrogen (secondary N) is 2. The first-order chi connectivity index (χ1) is 10.1. The molecule has 2 rings (SSSR count). The van der Waals surface area contributed by atoms with E-state index in [4.69, 9.17) is 0 Å². The molecule has 0 radical (unpaired) electrons. The summed E-state index contributed by atoms with van der Waals surface area (Å²) in [7, 11) is 0. The highest BCUT2D eigenvalue weighted by Gasteiger charge is 2.23. The molecular formula is C16H24FN3O. The van der Waals surface area contributed by atoms with Crippen molar-refractivity contribution in [1.82, 2.24) is 10.3 Å². The third kappa shape index (κ3) is 4.16. The molecule has 1 aromatic rings. The van der Waals surface area contributed by atoms with Crippen LogP contribution in [0.25, 0.3) is 0 Å². The van der Waals surface area contributed by atoms with Gasteiger partial charge >= 0.3 is 0 Å². The van der Waals surface area contributed by atoms with Crippen LogP contribution in [0.1, 0.15) is 56.3 Å². The molecule has 0 spiro atoms. The van der Waals surface area contributed by atoms with E-state index in [2.05, 4.69) is 22.5 Å². The van der Waals surface area contributed by atoms with Crippen molar-refractivity contribution in [1.29, 1.82) is 0 Å². The first-order valence-corrected chi connectivity index (χ1v) is 7.84. The molecule has 0 unspecified atom stereocenters. The second-order valence-corrected chi connectivity index (χ2v) is 5.68. The maximum Gasteiger partial charge on any atom is 0.255 e. The first kappa shape index (κ1) is 15.7. The van der Waals surface area contributed by atoms with Crippen LogP contribution < -0.4 is 10.6 Å². The van der Waals surface area contributed by atoms with Crippen molar-refractivity contribution < 1.29 is 9.18 Å². The highest BCUT2D eigenvalue weighted by Crippen LogP contribution is 2.26. The van der Waals surface area contributed by atoms with Crippen molar-refractivity contribution in [2.75, 3.05) is 11.9 Å². The van der Waals surface area contributed by atoms with Crippen LogP contribution in [0.4, 0.5) is 10.2 Å². The van der Waals surface area contributed by atoms with Gasteiger partial charge in [-0.25, -0.2) is 9.37 Å². The second kappa shape index (κ2) is 7.38. The first-order valence-electron chi connectivity index (χ1n) is 7.84. The van der Waals surface area contributed by atoms with Gasteiger partial charge in [-0.05, 0) is 44.6 Å². The summed E-state index contributed by atoms with van der Waals surface area (Å²) in [5.41, 5.74) is 0.287. The topological polar surface area (TPSA) is 54.0 Å². The minimum Gasteiger partial charge on any atom is -0.370 e. The normalized spacial score (nSPS) is 21.9. The summed E-state index contributed by atoms with van der Waals surface area (Å²) < 4.78 is 13.4. The zero-order valence-corrected chi connectivity index (χ0v) is 12.8. The van der Waals surface area contributed by atoms with E-state index in [0.717, 1.165) is 37.8 Å². The molecule has 5 heteroatoms. The number of carbonyl (C=O) groups is 1. The summed E-state index contributed by atoms with van der Waals surface area (Å²) in [6.45, 7) is 4.77. The average molecular weight is 293 g/mol. The molecule has 0 bridgehead atoms. The predicted molar refractivity (Wildman–Crippen MR) is 81.9 cm³/mol. The number of hydrogen-bond donors (Lipinski definition) is 2. The predicted octanol–water partition coefficient (Wildman–Crippen LogP) is 3.35. The fourth-order valence-electron chi connectivity index (χ4n) is 2.90. The summed E-state index contributed by atoms with van der Waals surface area (Å²) in [4.78, 5) is 16.3. The van der Waals surface area contributed by atoms with Crippen LogP contribution >= 0.6 is 0 Å². The highest BCUT2D eigenvalue weighted by molar-refractivity contribution is 5.98. The third-order valence-electron chi connectivity index (χ3n) is 4.20. The number of halogens is 1. The molecule has 0 aromatic carbocycles. The van der Waals surface area contributed by atoms with Crippen LogP contribution in [0, 0.1) is 11.7 Å². The Hall–Kier alpha value is -1.65. The molecule has 1 amide bonds. The average Bonchev–Trinajstić information content (AvgIpc) is 2.50. The number of anilines is 1. The van der Waals surface area contributed by atoms with Gasteiger partial charge in [0.15, 0.2) is 0 Å². The summed E-state index contributed by atoms with van der Waals surface area (Å²) >= 11 is 0. The number of aromatic nitrogens is 1. The summed E-state index contributed by atoms with van der Waals surface area (Å²) in [5, 5.41) is 6.02. The van der Waals surface area contributed by atoms with Crippen molar-refractivity contribution >= 4 is 11.7 Å². The highest BCUT2D eigenvalue weighted by atomic mass is 19.1. The number of carbonyl (C=O) groups excluding carboxylic acids is 1. The molecule has 21 heavy (non-hydrogen) atoms. The molecule has 1 saturated carbocycles. The Kier molecular flexibility index (Phi) is 5.53. The fourth-order valence-corrected chi connectivity index (χ4v) is 2.90. The van der Waals surface area contributed by atoms with Crippen molar-refractivity contribution in [3.8, 4) is 0 Å². The summed E-state index contributed by atoms with van der Waals surface area (Å²) in [5.74, 6) is 0.499. The molecule has 2 N–H and O–H groups in total. The Labute approximate surface area is 125 Å². The number of hydrogen-bond acceptors (Lipinski definition) is 3. The molecule has 1 fully saturated rings. The quantitative estimate of drug-likeness (QED) is 0.875. The molecule has 1 aliphatic rings. The smallest absolute Gasteiger partial charge is 0.255 e. The number of nitrogens with zero attached hydrogens (tertiary/aromatic N) is 1. The SMILES string of the molecule is CCNc1ncc(F)cc1C(=O)NC1CCC(CC)CC1. The van der Waals surface area contributed by atoms with Crippen LogP contribution in [-0.4, -0.2) is 23.5 Å². The van der Waals surface area contributed by atoms with Crippen LogP contribution in [0.3, 0.4) is 0 Å². The van der Waals surface area contributed by atoms with Crippen molar-refractivity contribution in [3.63, 3.8) is 0 Å². The van der Waals surface area contributed by atoms with Gasteiger partial charge in [0.05, 0.1) is 11.8 Å². The van der Waals surface area contributed by atoms with Gasteiger partial charge in [-0.3, -0.25) is 4.79 Å². The maximum absolute atomic E-state index is 13.4. The van der Waals surface area contributed by atoms with Gasteiger partial charge in [0.2, 0.25) is 0 Å². The van der Waals surface area contributed by atoms with Crippen molar-refractivity contribution in [2.45, 2.75) is 52.0 Å². The fraction of sp³-hybridized carbons (Fsp3) is 0.625. The van der Waals surface area contributed by atoms with E-state index in [9.17, 15) is 9.18 Å². The van der Waals surface area contributed by atoms with Crippen molar-refractivity contribution in [2.24, 2.45) is 5.92 Å². The second-order valence-electron chi connectivity index (χ2n) is 5.68. The van der Waals surface area contributed by atoms with E-state index in [1.54, 1.807) is 0 Å². The van der Waals surface area contributed by atoms with Crippen LogP contribution in [0.5, 0.6) is 0 Å². The van der Waals surface area contributed by atoms with Crippen LogP contribution in [0.2, 0.25) is 0 Å². The Morgan fingerprint density at radius 2 is 2.05 bits per heavy atom. The number of pyridine rings is 1. The lowest BCUT2D eigenvalue weighted by Gasteiger charge is -2.28. The Balaban J connectivity index is 2.01. The molecule has 1 aromatic heterocycles. The van der Waals surface area contributed by atoms with E-state index in [0.29, 0.717) is 12.4 Å². The van der Waals surface area contributed by atoms with Gasteiger partial charge in [-0.15, -0.1) is 0 Å². The van der Waals surface area contributed by atoms with Crippen LogP contribution in [0.15, 0.2) is 12.3 Å². The van der Waals surface area contributed by atoms with Gasteiger partial charge in [-0.1, -0.05) is 13.3 Å². The molecular weight excluding hydrogens is 269 g/mol. The summed E-state index contributed by atoms with van der Waals surface area (Å²) in [6, 6.07) is 1.44. The maximum atomic E-state index is 13.4.